The molecular formula is C21H37N2O4P. The predicted octanol–water partition coefficient (Wildman–Crippen LogP) is 5.11. The van der Waals surface area contributed by atoms with Gasteiger partial charge in [0.25, 0.3) is 0 Å². The van der Waals surface area contributed by atoms with Crippen LogP contribution in [-0.2, 0) is 9.36 Å². The fourth-order valence-corrected chi connectivity index (χ4v) is 5.46. The minimum Gasteiger partial charge on any atom is -0.480 e. The van der Waals surface area contributed by atoms with E-state index >= 15 is 0 Å². The Labute approximate surface area is 170 Å². The Morgan fingerprint density at radius 2 is 1.61 bits per heavy atom. The van der Waals surface area contributed by atoms with E-state index in [4.69, 9.17) is 4.52 Å². The first-order chi connectivity index (χ1) is 12.7. The molecule has 2 unspecified atom stereocenters. The second kappa shape index (κ2) is 9.43. The molecule has 0 saturated heterocycles. The molecule has 28 heavy (non-hydrogen) atoms. The molecule has 1 aromatic rings. The lowest BCUT2D eigenvalue weighted by Crippen LogP contribution is -2.53. The first-order valence-corrected chi connectivity index (χ1v) is 11.6. The molecule has 0 saturated carbocycles. The van der Waals surface area contributed by atoms with E-state index < -0.39 is 19.0 Å². The van der Waals surface area contributed by atoms with Gasteiger partial charge in [0.15, 0.2) is 0 Å². The van der Waals surface area contributed by atoms with Crippen molar-refractivity contribution in [2.45, 2.75) is 65.8 Å². The molecule has 0 aliphatic heterocycles. The number of aliphatic carboxylic acids is 1. The van der Waals surface area contributed by atoms with Crippen LogP contribution in [0.4, 0.5) is 0 Å². The fraction of sp³-hybridized carbons (Fsp3) is 0.667. The van der Waals surface area contributed by atoms with Crippen LogP contribution in [-0.4, -0.2) is 41.9 Å². The van der Waals surface area contributed by atoms with Crippen molar-refractivity contribution in [1.29, 1.82) is 0 Å². The Kier molecular flexibility index (Phi) is 8.31. The van der Waals surface area contributed by atoms with Crippen LogP contribution < -0.4 is 9.61 Å². The van der Waals surface area contributed by atoms with Crippen LogP contribution in [0.3, 0.4) is 0 Å². The van der Waals surface area contributed by atoms with Crippen LogP contribution in [0.15, 0.2) is 18.2 Å². The Hall–Kier alpha value is -1.36. The summed E-state index contributed by atoms with van der Waals surface area (Å²) in [5.41, 5.74) is 0.554. The van der Waals surface area contributed by atoms with Crippen molar-refractivity contribution < 1.29 is 19.0 Å². The number of nitrogens with zero attached hydrogens (tertiary/aromatic N) is 1. The van der Waals surface area contributed by atoms with Gasteiger partial charge in [-0.3, -0.25) is 14.3 Å². The summed E-state index contributed by atoms with van der Waals surface area (Å²) in [6.07, 6.45) is 0.0898. The van der Waals surface area contributed by atoms with Gasteiger partial charge in [-0.1, -0.05) is 59.7 Å². The molecule has 0 bridgehead atoms. The molecule has 0 aromatic heterocycles. The van der Waals surface area contributed by atoms with Gasteiger partial charge in [0.05, 0.1) is 0 Å². The average Bonchev–Trinajstić information content (AvgIpc) is 2.52. The molecule has 0 heterocycles. The maximum Gasteiger partial charge on any atom is 0.331 e. The lowest BCUT2D eigenvalue weighted by atomic mass is 9.90. The van der Waals surface area contributed by atoms with Crippen LogP contribution in [0.5, 0.6) is 5.75 Å². The van der Waals surface area contributed by atoms with Crippen molar-refractivity contribution in [3.05, 3.63) is 29.3 Å². The second-order valence-electron chi connectivity index (χ2n) is 8.83. The molecule has 0 radical (unpaired) electrons. The number of carbonyl (C=O) groups is 1. The summed E-state index contributed by atoms with van der Waals surface area (Å²) in [4.78, 5) is 13.7. The quantitative estimate of drug-likeness (QED) is 0.520. The molecule has 6 nitrogen and oxygen atoms in total. The van der Waals surface area contributed by atoms with Crippen molar-refractivity contribution in [1.82, 2.24) is 9.99 Å². The number of carboxylic acid groups (broad SMARTS) is 1. The molecule has 0 aliphatic carbocycles. The molecular weight excluding hydrogens is 375 g/mol. The topological polar surface area (TPSA) is 78.9 Å². The molecule has 1 rings (SSSR count). The van der Waals surface area contributed by atoms with Crippen LogP contribution in [0, 0.1) is 5.92 Å². The number of benzene rings is 1. The Morgan fingerprint density at radius 3 is 1.93 bits per heavy atom. The number of carboxylic acids is 1. The molecule has 0 amide bonds. The number of nitrogens with one attached hydrogen (secondary N) is 1. The molecule has 7 heteroatoms. The number of hydrogen-bond donors (Lipinski definition) is 2. The number of rotatable bonds is 10. The highest BCUT2D eigenvalue weighted by molar-refractivity contribution is 7.57. The van der Waals surface area contributed by atoms with Gasteiger partial charge in [-0.2, -0.15) is 0 Å². The van der Waals surface area contributed by atoms with Crippen LogP contribution in [0.25, 0.3) is 0 Å². The number of hydrogen-bond acceptors (Lipinski definition) is 4. The monoisotopic (exact) mass is 412 g/mol. The fourth-order valence-electron chi connectivity index (χ4n) is 2.97. The molecule has 2 N–H and O–H groups in total. The van der Waals surface area contributed by atoms with Crippen molar-refractivity contribution in [3.63, 3.8) is 0 Å². The third kappa shape index (κ3) is 5.82. The van der Waals surface area contributed by atoms with Gasteiger partial charge in [0.1, 0.15) is 17.6 Å². The maximum atomic E-state index is 13.9. The highest BCUT2D eigenvalue weighted by atomic mass is 31.2. The SMILES string of the molecule is CC(C)c1cccc(C(C)C)c1OP(=O)(CN(C)C)NC(C)(C(=O)O)C(C)C. The summed E-state index contributed by atoms with van der Waals surface area (Å²) < 4.78 is 20.2. The van der Waals surface area contributed by atoms with E-state index in [0.717, 1.165) is 11.1 Å². The van der Waals surface area contributed by atoms with Gasteiger partial charge in [0, 0.05) is 0 Å². The Balaban J connectivity index is 3.53. The van der Waals surface area contributed by atoms with Gasteiger partial charge in [0.2, 0.25) is 0 Å². The van der Waals surface area contributed by atoms with E-state index in [-0.39, 0.29) is 24.0 Å². The highest BCUT2D eigenvalue weighted by Gasteiger charge is 2.44. The lowest BCUT2D eigenvalue weighted by molar-refractivity contribution is -0.145. The number of para-hydroxylation sites is 1. The third-order valence-corrected chi connectivity index (χ3v) is 7.25. The van der Waals surface area contributed by atoms with E-state index in [9.17, 15) is 14.5 Å². The van der Waals surface area contributed by atoms with Crippen molar-refractivity contribution >= 4 is 13.5 Å². The summed E-state index contributed by atoms with van der Waals surface area (Å²) in [5.74, 6) is -0.378. The van der Waals surface area contributed by atoms with E-state index in [1.807, 2.05) is 18.2 Å². The minimum absolute atomic E-state index is 0.0898. The summed E-state index contributed by atoms with van der Waals surface area (Å²) >= 11 is 0. The van der Waals surface area contributed by atoms with Crippen molar-refractivity contribution in [2.75, 3.05) is 20.4 Å². The van der Waals surface area contributed by atoms with E-state index in [1.165, 1.54) is 0 Å². The van der Waals surface area contributed by atoms with Gasteiger partial charge < -0.3 is 9.63 Å². The Bertz CT molecular complexity index is 705. The summed E-state index contributed by atoms with van der Waals surface area (Å²) in [6, 6.07) is 5.94. The van der Waals surface area contributed by atoms with Crippen LogP contribution in [0.1, 0.15) is 71.4 Å². The molecule has 0 spiro atoms. The predicted molar refractivity (Wildman–Crippen MR) is 115 cm³/mol. The maximum absolute atomic E-state index is 13.9. The van der Waals surface area contributed by atoms with Gasteiger partial charge in [-0.15, -0.1) is 0 Å². The van der Waals surface area contributed by atoms with E-state index in [0.29, 0.717) is 5.75 Å². The zero-order valence-corrected chi connectivity index (χ0v) is 19.6. The summed E-state index contributed by atoms with van der Waals surface area (Å²) in [5, 5.41) is 12.7. The molecule has 160 valence electrons. The van der Waals surface area contributed by atoms with Crippen LogP contribution in [0.2, 0.25) is 0 Å². The first kappa shape index (κ1) is 24.7. The van der Waals surface area contributed by atoms with Gasteiger partial charge in [-0.25, -0.2) is 5.09 Å². The van der Waals surface area contributed by atoms with Crippen molar-refractivity contribution in [2.24, 2.45) is 5.92 Å². The zero-order valence-electron chi connectivity index (χ0n) is 18.7. The van der Waals surface area contributed by atoms with Crippen LogP contribution >= 0.6 is 7.52 Å². The normalized spacial score (nSPS) is 16.5. The first-order valence-electron chi connectivity index (χ1n) is 9.82. The van der Waals surface area contributed by atoms with E-state index in [1.54, 1.807) is 39.8 Å². The molecule has 0 aliphatic rings. The van der Waals surface area contributed by atoms with Gasteiger partial charge in [-0.05, 0) is 49.9 Å². The molecule has 0 fully saturated rings. The average molecular weight is 413 g/mol. The van der Waals surface area contributed by atoms with Crippen molar-refractivity contribution in [3.8, 4) is 5.75 Å². The summed E-state index contributed by atoms with van der Waals surface area (Å²) in [7, 11) is 0.0242. The smallest absolute Gasteiger partial charge is 0.331 e. The largest absolute Gasteiger partial charge is 0.480 e. The van der Waals surface area contributed by atoms with E-state index in [2.05, 4.69) is 32.8 Å². The lowest BCUT2D eigenvalue weighted by Gasteiger charge is -2.36. The molecule has 2 atom stereocenters. The Morgan fingerprint density at radius 1 is 1.14 bits per heavy atom. The standard InChI is InChI=1S/C21H37N2O4P/c1-14(2)17-11-10-12-18(15(3)4)19(17)27-28(26,13-23(8)9)22-21(7,16(5)6)20(24)25/h10-12,14-16H,13H2,1-9H3,(H,22,26)(H,24,25). The highest BCUT2D eigenvalue weighted by Crippen LogP contribution is 2.50. The van der Waals surface area contributed by atoms with Gasteiger partial charge >= 0.3 is 13.5 Å². The zero-order chi connectivity index (χ0) is 21.9. The second-order valence-corrected chi connectivity index (χ2v) is 10.9. The third-order valence-electron chi connectivity index (χ3n) is 5.03. The minimum atomic E-state index is -3.56. The molecule has 1 aromatic carbocycles. The summed E-state index contributed by atoms with van der Waals surface area (Å²) in [6.45, 7) is 13.4.